The van der Waals surface area contributed by atoms with Crippen LogP contribution in [0.2, 0.25) is 0 Å². The van der Waals surface area contributed by atoms with E-state index in [-0.39, 0.29) is 0 Å². The van der Waals surface area contributed by atoms with Crippen molar-refractivity contribution in [1.29, 1.82) is 0 Å². The van der Waals surface area contributed by atoms with E-state index in [1.807, 2.05) is 0 Å². The third-order valence-corrected chi connectivity index (χ3v) is 3.62. The minimum Gasteiger partial charge on any atom is -0.369 e. The molecule has 82 valence electrons. The maximum atomic E-state index is 5.96. The van der Waals surface area contributed by atoms with Gasteiger partial charge in [-0.3, -0.25) is 0 Å². The SMILES string of the molecule is Cc1cc(C)cc([C@H]2CC[C@H](CBr)O2)c1. The number of hydrogen-bond acceptors (Lipinski definition) is 1. The van der Waals surface area contributed by atoms with E-state index in [0.29, 0.717) is 12.2 Å². The van der Waals surface area contributed by atoms with E-state index in [1.165, 1.54) is 23.1 Å². The van der Waals surface area contributed by atoms with E-state index in [9.17, 15) is 0 Å². The first-order valence-corrected chi connectivity index (χ1v) is 6.61. The van der Waals surface area contributed by atoms with Gasteiger partial charge in [-0.1, -0.05) is 45.3 Å². The molecule has 0 unspecified atom stereocenters. The summed E-state index contributed by atoms with van der Waals surface area (Å²) < 4.78 is 5.96. The van der Waals surface area contributed by atoms with Crippen LogP contribution >= 0.6 is 15.9 Å². The summed E-state index contributed by atoms with van der Waals surface area (Å²) >= 11 is 3.48. The van der Waals surface area contributed by atoms with Crippen LogP contribution in [0.5, 0.6) is 0 Å². The highest BCUT2D eigenvalue weighted by atomic mass is 79.9. The van der Waals surface area contributed by atoms with Gasteiger partial charge in [-0.15, -0.1) is 0 Å². The van der Waals surface area contributed by atoms with Crippen LogP contribution in [0.3, 0.4) is 0 Å². The van der Waals surface area contributed by atoms with Crippen molar-refractivity contribution in [3.63, 3.8) is 0 Å². The zero-order chi connectivity index (χ0) is 10.8. The van der Waals surface area contributed by atoms with Gasteiger partial charge in [0.25, 0.3) is 0 Å². The van der Waals surface area contributed by atoms with Crippen molar-refractivity contribution in [3.05, 3.63) is 34.9 Å². The predicted octanol–water partition coefficient (Wildman–Crippen LogP) is 3.92. The highest BCUT2D eigenvalue weighted by Gasteiger charge is 2.25. The van der Waals surface area contributed by atoms with Gasteiger partial charge >= 0.3 is 0 Å². The summed E-state index contributed by atoms with van der Waals surface area (Å²) in [5, 5.41) is 0.953. The lowest BCUT2D eigenvalue weighted by molar-refractivity contribution is 0.0588. The van der Waals surface area contributed by atoms with Crippen molar-refractivity contribution in [3.8, 4) is 0 Å². The summed E-state index contributed by atoms with van der Waals surface area (Å²) in [7, 11) is 0. The molecule has 1 aliphatic rings. The molecule has 2 rings (SSSR count). The normalized spacial score (nSPS) is 25.8. The number of aryl methyl sites for hydroxylation is 2. The van der Waals surface area contributed by atoms with Crippen molar-refractivity contribution in [2.45, 2.75) is 38.9 Å². The molecule has 0 aromatic heterocycles. The maximum Gasteiger partial charge on any atom is 0.0830 e. The van der Waals surface area contributed by atoms with E-state index in [1.54, 1.807) is 0 Å². The van der Waals surface area contributed by atoms with Crippen LogP contribution in [-0.2, 0) is 4.74 Å². The average Bonchev–Trinajstić information content (AvgIpc) is 2.64. The molecule has 0 saturated carbocycles. The molecule has 2 atom stereocenters. The summed E-state index contributed by atoms with van der Waals surface area (Å²) in [6.45, 7) is 4.29. The van der Waals surface area contributed by atoms with E-state index >= 15 is 0 Å². The number of rotatable bonds is 2. The van der Waals surface area contributed by atoms with Crippen LogP contribution in [0.25, 0.3) is 0 Å². The van der Waals surface area contributed by atoms with Crippen LogP contribution in [-0.4, -0.2) is 11.4 Å². The molecule has 0 spiro atoms. The van der Waals surface area contributed by atoms with Gasteiger partial charge in [0, 0.05) is 5.33 Å². The molecule has 1 heterocycles. The van der Waals surface area contributed by atoms with Gasteiger partial charge in [-0.25, -0.2) is 0 Å². The molecule has 1 aromatic rings. The zero-order valence-electron chi connectivity index (χ0n) is 9.29. The Kier molecular flexibility index (Phi) is 3.47. The molecule has 1 aliphatic heterocycles. The Balaban J connectivity index is 2.16. The number of alkyl halides is 1. The number of hydrogen-bond donors (Lipinski definition) is 0. The molecule has 0 aliphatic carbocycles. The Bertz CT molecular complexity index is 328. The van der Waals surface area contributed by atoms with Gasteiger partial charge in [0.15, 0.2) is 0 Å². The Morgan fingerprint density at radius 3 is 2.40 bits per heavy atom. The second-order valence-corrected chi connectivity index (χ2v) is 5.05. The third-order valence-electron chi connectivity index (χ3n) is 2.90. The molecular weight excluding hydrogens is 252 g/mol. The van der Waals surface area contributed by atoms with Crippen molar-refractivity contribution in [2.75, 3.05) is 5.33 Å². The third kappa shape index (κ3) is 2.61. The summed E-state index contributed by atoms with van der Waals surface area (Å²) in [4.78, 5) is 0. The first kappa shape index (κ1) is 11.2. The molecular formula is C13H17BrO. The fourth-order valence-corrected chi connectivity index (χ4v) is 2.74. The minimum absolute atomic E-state index is 0.311. The highest BCUT2D eigenvalue weighted by molar-refractivity contribution is 9.09. The molecule has 1 saturated heterocycles. The lowest BCUT2D eigenvalue weighted by Gasteiger charge is -2.13. The van der Waals surface area contributed by atoms with Crippen LogP contribution in [0.4, 0.5) is 0 Å². The fraction of sp³-hybridized carbons (Fsp3) is 0.538. The molecule has 1 fully saturated rings. The van der Waals surface area contributed by atoms with Crippen molar-refractivity contribution < 1.29 is 4.74 Å². The topological polar surface area (TPSA) is 9.23 Å². The summed E-state index contributed by atoms with van der Waals surface area (Å²) in [6, 6.07) is 6.70. The molecule has 1 nitrogen and oxygen atoms in total. The first-order valence-electron chi connectivity index (χ1n) is 5.48. The standard InChI is InChI=1S/C13H17BrO/c1-9-5-10(2)7-11(6-9)13-4-3-12(8-14)15-13/h5-7,12-13H,3-4,8H2,1-2H3/t12-,13-/m1/s1. The summed E-state index contributed by atoms with van der Waals surface area (Å²) in [6.07, 6.45) is 3.03. The number of ether oxygens (including phenoxy) is 1. The Hall–Kier alpha value is -0.340. The van der Waals surface area contributed by atoms with E-state index < -0.39 is 0 Å². The van der Waals surface area contributed by atoms with E-state index in [2.05, 4.69) is 48.0 Å². The molecule has 0 bridgehead atoms. The Morgan fingerprint density at radius 1 is 1.20 bits per heavy atom. The van der Waals surface area contributed by atoms with Gasteiger partial charge in [0.1, 0.15) is 0 Å². The largest absolute Gasteiger partial charge is 0.369 e. The maximum absolute atomic E-state index is 5.96. The van der Waals surface area contributed by atoms with Gasteiger partial charge in [0.2, 0.25) is 0 Å². The lowest BCUT2D eigenvalue weighted by atomic mass is 10.0. The molecule has 2 heteroatoms. The highest BCUT2D eigenvalue weighted by Crippen LogP contribution is 2.34. The number of benzene rings is 1. The molecule has 0 radical (unpaired) electrons. The molecule has 15 heavy (non-hydrogen) atoms. The summed E-state index contributed by atoms with van der Waals surface area (Å²) in [5.41, 5.74) is 4.00. The van der Waals surface area contributed by atoms with E-state index in [4.69, 9.17) is 4.74 Å². The summed E-state index contributed by atoms with van der Waals surface area (Å²) in [5.74, 6) is 0. The number of halogens is 1. The van der Waals surface area contributed by atoms with Crippen LogP contribution in [0, 0.1) is 13.8 Å². The van der Waals surface area contributed by atoms with Crippen molar-refractivity contribution in [1.82, 2.24) is 0 Å². The smallest absolute Gasteiger partial charge is 0.0830 e. The van der Waals surface area contributed by atoms with Gasteiger partial charge in [-0.05, 0) is 32.3 Å². The first-order chi connectivity index (χ1) is 7.19. The second-order valence-electron chi connectivity index (χ2n) is 4.40. The predicted molar refractivity (Wildman–Crippen MR) is 66.6 cm³/mol. The fourth-order valence-electron chi connectivity index (χ4n) is 2.26. The molecule has 1 aromatic carbocycles. The van der Waals surface area contributed by atoms with Gasteiger partial charge in [-0.2, -0.15) is 0 Å². The Labute approximate surface area is 100.0 Å². The van der Waals surface area contributed by atoms with Gasteiger partial charge < -0.3 is 4.74 Å². The minimum atomic E-state index is 0.311. The lowest BCUT2D eigenvalue weighted by Crippen LogP contribution is -2.07. The van der Waals surface area contributed by atoms with Gasteiger partial charge in [0.05, 0.1) is 12.2 Å². The zero-order valence-corrected chi connectivity index (χ0v) is 10.9. The van der Waals surface area contributed by atoms with Crippen molar-refractivity contribution >= 4 is 15.9 Å². The quantitative estimate of drug-likeness (QED) is 0.739. The van der Waals surface area contributed by atoms with Crippen LogP contribution < -0.4 is 0 Å². The monoisotopic (exact) mass is 268 g/mol. The second kappa shape index (κ2) is 4.67. The van der Waals surface area contributed by atoms with Crippen LogP contribution in [0.1, 0.15) is 35.6 Å². The average molecular weight is 269 g/mol. The molecule has 0 amide bonds. The Morgan fingerprint density at radius 2 is 1.87 bits per heavy atom. The van der Waals surface area contributed by atoms with Crippen LogP contribution in [0.15, 0.2) is 18.2 Å². The van der Waals surface area contributed by atoms with E-state index in [0.717, 1.165) is 11.8 Å². The molecule has 0 N–H and O–H groups in total. The van der Waals surface area contributed by atoms with Crippen molar-refractivity contribution in [2.24, 2.45) is 0 Å².